The van der Waals surface area contributed by atoms with Gasteiger partial charge in [0.25, 0.3) is 5.91 Å². The van der Waals surface area contributed by atoms with Crippen LogP contribution in [-0.2, 0) is 19.1 Å². The quantitative estimate of drug-likeness (QED) is 0.628. The van der Waals surface area contributed by atoms with E-state index in [0.717, 1.165) is 32.1 Å². The van der Waals surface area contributed by atoms with Gasteiger partial charge < -0.3 is 5.32 Å². The monoisotopic (exact) mass is 380 g/mol. The molecule has 0 aliphatic carbocycles. The third kappa shape index (κ3) is 4.86. The summed E-state index contributed by atoms with van der Waals surface area (Å²) in [6.07, 6.45) is -3.16. The molecule has 2 aromatic rings. The first-order valence-electron chi connectivity index (χ1n) is 8.78. The maximum absolute atomic E-state index is 13.3. The number of carbonyl (C=O) groups excluding carboxylic acids is 1. The number of amides is 1. The second-order valence-electron chi connectivity index (χ2n) is 6.60. The Morgan fingerprint density at radius 3 is 2.59 bits per heavy atom. The van der Waals surface area contributed by atoms with Gasteiger partial charge in [-0.2, -0.15) is 13.2 Å². The number of hydrogen-bond donors (Lipinski definition) is 1. The lowest BCUT2D eigenvalue weighted by Crippen LogP contribution is -2.33. The van der Waals surface area contributed by atoms with Crippen molar-refractivity contribution in [1.82, 2.24) is 10.2 Å². The number of nitrogens with one attached hydrogen (secondary N) is 1. The molecule has 0 atom stereocenters. The molecule has 0 unspecified atom stereocenters. The second-order valence-corrected chi connectivity index (χ2v) is 6.60. The summed E-state index contributed by atoms with van der Waals surface area (Å²) in [5, 5.41) is 2.60. The average molecular weight is 380 g/mol. The van der Waals surface area contributed by atoms with Crippen LogP contribution >= 0.6 is 0 Å². The Bertz CT molecular complexity index is 820. The molecule has 1 aliphatic heterocycles. The zero-order valence-corrected chi connectivity index (χ0v) is 14.7. The van der Waals surface area contributed by atoms with Crippen LogP contribution in [0.2, 0.25) is 0 Å². The Labute approximate surface area is 155 Å². The zero-order valence-electron chi connectivity index (χ0n) is 14.7. The van der Waals surface area contributed by atoms with Gasteiger partial charge in [0.1, 0.15) is 5.82 Å². The van der Waals surface area contributed by atoms with E-state index in [1.807, 2.05) is 12.1 Å². The van der Waals surface area contributed by atoms with Gasteiger partial charge in [0.2, 0.25) is 0 Å². The molecule has 0 saturated carbocycles. The van der Waals surface area contributed by atoms with Crippen LogP contribution in [0.25, 0.3) is 0 Å². The highest BCUT2D eigenvalue weighted by atomic mass is 19.4. The summed E-state index contributed by atoms with van der Waals surface area (Å²) in [5.74, 6) is -2.02. The van der Waals surface area contributed by atoms with Crippen molar-refractivity contribution in [2.24, 2.45) is 0 Å². The summed E-state index contributed by atoms with van der Waals surface area (Å²) >= 11 is 0. The van der Waals surface area contributed by atoms with Gasteiger partial charge in [-0.05, 0) is 42.2 Å². The van der Waals surface area contributed by atoms with Crippen molar-refractivity contribution in [2.75, 3.05) is 19.6 Å². The summed E-state index contributed by atoms with van der Waals surface area (Å²) in [7, 11) is 0. The minimum absolute atomic E-state index is 0.198. The number of alkyl halides is 3. The van der Waals surface area contributed by atoms with Crippen LogP contribution in [0.4, 0.5) is 17.6 Å². The highest BCUT2D eigenvalue weighted by molar-refractivity contribution is 5.94. The highest BCUT2D eigenvalue weighted by Crippen LogP contribution is 2.31. The average Bonchev–Trinajstić information content (AvgIpc) is 2.64. The summed E-state index contributed by atoms with van der Waals surface area (Å²) in [6, 6.07) is 10.6. The number of fused-ring (bicyclic) bond motifs is 1. The minimum atomic E-state index is -4.83. The summed E-state index contributed by atoms with van der Waals surface area (Å²) in [5.41, 5.74) is 1.04. The first-order chi connectivity index (χ1) is 12.8. The molecule has 0 radical (unpaired) electrons. The van der Waals surface area contributed by atoms with Crippen LogP contribution in [0.3, 0.4) is 0 Å². The van der Waals surface area contributed by atoms with E-state index in [1.165, 1.54) is 11.1 Å². The predicted molar refractivity (Wildman–Crippen MR) is 93.8 cm³/mol. The fourth-order valence-corrected chi connectivity index (χ4v) is 3.24. The van der Waals surface area contributed by atoms with E-state index >= 15 is 0 Å². The van der Waals surface area contributed by atoms with Crippen LogP contribution < -0.4 is 5.32 Å². The van der Waals surface area contributed by atoms with E-state index in [4.69, 9.17) is 0 Å². The molecule has 1 amide bonds. The van der Waals surface area contributed by atoms with Crippen LogP contribution in [0, 0.1) is 5.82 Å². The lowest BCUT2D eigenvalue weighted by atomic mass is 10.00. The fraction of sp³-hybridized carbons (Fsp3) is 0.350. The topological polar surface area (TPSA) is 32.3 Å². The molecule has 2 aromatic carbocycles. The van der Waals surface area contributed by atoms with E-state index in [2.05, 4.69) is 22.3 Å². The van der Waals surface area contributed by atoms with Crippen LogP contribution in [-0.4, -0.2) is 30.4 Å². The number of carbonyl (C=O) groups is 1. The van der Waals surface area contributed by atoms with Gasteiger partial charge in [-0.25, -0.2) is 4.39 Å². The molecule has 0 fully saturated rings. The molecule has 0 bridgehead atoms. The predicted octanol–water partition coefficient (Wildman–Crippen LogP) is 4.02. The van der Waals surface area contributed by atoms with Gasteiger partial charge in [0, 0.05) is 31.7 Å². The minimum Gasteiger partial charge on any atom is -0.352 e. The van der Waals surface area contributed by atoms with E-state index in [1.54, 1.807) is 0 Å². The van der Waals surface area contributed by atoms with Crippen LogP contribution in [0.1, 0.15) is 33.5 Å². The fourth-order valence-electron chi connectivity index (χ4n) is 3.24. The third-order valence-electron chi connectivity index (χ3n) is 4.68. The smallest absolute Gasteiger partial charge is 0.352 e. The van der Waals surface area contributed by atoms with Crippen LogP contribution in [0.15, 0.2) is 42.5 Å². The normalized spacial score (nSPS) is 14.7. The first-order valence-corrected chi connectivity index (χ1v) is 8.78. The Balaban J connectivity index is 1.48. The lowest BCUT2D eigenvalue weighted by Gasteiger charge is -2.28. The Morgan fingerprint density at radius 1 is 1.11 bits per heavy atom. The lowest BCUT2D eigenvalue weighted by molar-refractivity contribution is -0.140. The van der Waals surface area contributed by atoms with E-state index < -0.39 is 23.5 Å². The molecule has 1 aliphatic rings. The molecule has 1 N–H and O–H groups in total. The molecule has 1 heterocycles. The summed E-state index contributed by atoms with van der Waals surface area (Å²) in [4.78, 5) is 14.3. The van der Waals surface area contributed by atoms with Gasteiger partial charge in [0.15, 0.2) is 0 Å². The van der Waals surface area contributed by atoms with E-state index in [9.17, 15) is 22.4 Å². The van der Waals surface area contributed by atoms with Gasteiger partial charge in [-0.1, -0.05) is 24.3 Å². The number of hydrogen-bond acceptors (Lipinski definition) is 2. The number of halogens is 4. The van der Waals surface area contributed by atoms with Gasteiger partial charge in [-0.3, -0.25) is 9.69 Å². The van der Waals surface area contributed by atoms with Crippen molar-refractivity contribution >= 4 is 5.91 Å². The van der Waals surface area contributed by atoms with Crippen molar-refractivity contribution < 1.29 is 22.4 Å². The van der Waals surface area contributed by atoms with Gasteiger partial charge in [-0.15, -0.1) is 0 Å². The molecule has 0 aromatic heterocycles. The molecule has 27 heavy (non-hydrogen) atoms. The van der Waals surface area contributed by atoms with Gasteiger partial charge >= 0.3 is 6.18 Å². The van der Waals surface area contributed by atoms with E-state index in [0.29, 0.717) is 25.1 Å². The molecule has 3 rings (SSSR count). The van der Waals surface area contributed by atoms with Crippen LogP contribution in [0.5, 0.6) is 0 Å². The molecule has 144 valence electrons. The van der Waals surface area contributed by atoms with Crippen molar-refractivity contribution in [3.8, 4) is 0 Å². The van der Waals surface area contributed by atoms with Crippen molar-refractivity contribution in [2.45, 2.75) is 25.6 Å². The number of rotatable bonds is 5. The van der Waals surface area contributed by atoms with Crippen molar-refractivity contribution in [3.05, 3.63) is 70.5 Å². The molecular formula is C20H20F4N2O. The second kappa shape index (κ2) is 8.08. The highest BCUT2D eigenvalue weighted by Gasteiger charge is 2.34. The van der Waals surface area contributed by atoms with Crippen molar-refractivity contribution in [3.63, 3.8) is 0 Å². The molecule has 3 nitrogen and oxygen atoms in total. The zero-order chi connectivity index (χ0) is 19.4. The third-order valence-corrected chi connectivity index (χ3v) is 4.68. The van der Waals surface area contributed by atoms with Crippen molar-refractivity contribution in [1.29, 1.82) is 0 Å². The molecule has 0 spiro atoms. The van der Waals surface area contributed by atoms with Gasteiger partial charge in [0.05, 0.1) is 5.56 Å². The number of nitrogens with zero attached hydrogens (tertiary/aromatic N) is 1. The molecule has 0 saturated heterocycles. The Morgan fingerprint density at radius 2 is 1.85 bits per heavy atom. The molecular weight excluding hydrogens is 360 g/mol. The standard InChI is InChI=1S/C20H20F4N2O/c21-18-7-6-15(12-17(18)20(22,23)24)19(27)25-9-3-10-26-11-8-14-4-1-2-5-16(14)13-26/h1-2,4-7,12H,3,8-11,13H2,(H,25,27). The molecule has 7 heteroatoms. The Hall–Kier alpha value is -2.41. The Kier molecular flexibility index (Phi) is 5.79. The largest absolute Gasteiger partial charge is 0.419 e. The maximum atomic E-state index is 13.3. The summed E-state index contributed by atoms with van der Waals surface area (Å²) in [6.45, 7) is 2.93. The SMILES string of the molecule is O=C(NCCCN1CCc2ccccc2C1)c1ccc(F)c(C(F)(F)F)c1. The summed E-state index contributed by atoms with van der Waals surface area (Å²) < 4.78 is 51.5. The number of benzene rings is 2. The maximum Gasteiger partial charge on any atom is 0.419 e. The van der Waals surface area contributed by atoms with E-state index in [-0.39, 0.29) is 5.56 Å². The first kappa shape index (κ1) is 19.4.